The number of benzene rings is 1. The summed E-state index contributed by atoms with van der Waals surface area (Å²) in [6, 6.07) is 4.97. The van der Waals surface area contributed by atoms with Crippen molar-refractivity contribution in [2.24, 2.45) is 0 Å². The third-order valence-electron chi connectivity index (χ3n) is 2.81. The standard InChI is InChI=1S/C11H12Cl2FN/c12-8-1-2-10(13)9(7-8)11(14)3-5-15-6-4-11/h1-2,7,15H,3-6H2. The first-order valence-corrected chi connectivity index (χ1v) is 5.73. The molecule has 1 aliphatic rings. The minimum atomic E-state index is -1.33. The van der Waals surface area contributed by atoms with Crippen molar-refractivity contribution in [3.05, 3.63) is 33.8 Å². The second kappa shape index (κ2) is 4.28. The molecular formula is C11H12Cl2FN. The number of piperidine rings is 1. The lowest BCUT2D eigenvalue weighted by atomic mass is 9.87. The Kier molecular flexibility index (Phi) is 3.19. The van der Waals surface area contributed by atoms with E-state index in [0.717, 1.165) is 0 Å². The van der Waals surface area contributed by atoms with E-state index in [2.05, 4.69) is 5.32 Å². The van der Waals surface area contributed by atoms with Crippen molar-refractivity contribution in [2.45, 2.75) is 18.5 Å². The van der Waals surface area contributed by atoms with Gasteiger partial charge in [0.25, 0.3) is 0 Å². The molecule has 0 aromatic heterocycles. The molecule has 1 saturated heterocycles. The van der Waals surface area contributed by atoms with Gasteiger partial charge in [-0.1, -0.05) is 23.2 Å². The highest BCUT2D eigenvalue weighted by atomic mass is 35.5. The van der Waals surface area contributed by atoms with Crippen LogP contribution in [0.15, 0.2) is 18.2 Å². The minimum Gasteiger partial charge on any atom is -0.316 e. The molecule has 82 valence electrons. The van der Waals surface area contributed by atoms with Crippen LogP contribution < -0.4 is 5.32 Å². The first-order valence-electron chi connectivity index (χ1n) is 4.97. The molecule has 4 heteroatoms. The molecule has 0 unspecified atom stereocenters. The van der Waals surface area contributed by atoms with Gasteiger partial charge in [0.15, 0.2) is 0 Å². The zero-order chi connectivity index (χ0) is 10.9. The van der Waals surface area contributed by atoms with Crippen LogP contribution in [-0.4, -0.2) is 13.1 Å². The fourth-order valence-electron chi connectivity index (χ4n) is 1.93. The third-order valence-corrected chi connectivity index (χ3v) is 3.37. The van der Waals surface area contributed by atoms with Gasteiger partial charge in [-0.15, -0.1) is 0 Å². The maximum absolute atomic E-state index is 14.6. The van der Waals surface area contributed by atoms with Crippen molar-refractivity contribution in [1.82, 2.24) is 5.32 Å². The molecule has 1 nitrogen and oxygen atoms in total. The largest absolute Gasteiger partial charge is 0.316 e. The van der Waals surface area contributed by atoms with E-state index in [4.69, 9.17) is 23.2 Å². The van der Waals surface area contributed by atoms with E-state index in [-0.39, 0.29) is 0 Å². The van der Waals surface area contributed by atoms with Crippen LogP contribution in [0, 0.1) is 0 Å². The normalized spacial score (nSPS) is 20.2. The Bertz CT molecular complexity index is 362. The van der Waals surface area contributed by atoms with Gasteiger partial charge in [-0.25, -0.2) is 4.39 Å². The fraction of sp³-hybridized carbons (Fsp3) is 0.455. The van der Waals surface area contributed by atoms with Crippen molar-refractivity contribution >= 4 is 23.2 Å². The van der Waals surface area contributed by atoms with Crippen LogP contribution in [-0.2, 0) is 5.67 Å². The Labute approximate surface area is 98.6 Å². The van der Waals surface area contributed by atoms with Crippen LogP contribution in [0.2, 0.25) is 10.0 Å². The summed E-state index contributed by atoms with van der Waals surface area (Å²) in [5.41, 5.74) is -0.800. The molecule has 1 aromatic carbocycles. The SMILES string of the molecule is FC1(c2cc(Cl)ccc2Cl)CCNCC1. The van der Waals surface area contributed by atoms with Gasteiger partial charge in [0.05, 0.1) is 0 Å². The highest BCUT2D eigenvalue weighted by Gasteiger charge is 2.35. The molecule has 0 radical (unpaired) electrons. The molecule has 0 aliphatic carbocycles. The molecular weight excluding hydrogens is 236 g/mol. The number of rotatable bonds is 1. The van der Waals surface area contributed by atoms with Crippen LogP contribution >= 0.6 is 23.2 Å². The van der Waals surface area contributed by atoms with Gasteiger partial charge in [-0.05, 0) is 44.1 Å². The molecule has 0 atom stereocenters. The van der Waals surface area contributed by atoms with Crippen molar-refractivity contribution < 1.29 is 4.39 Å². The molecule has 2 rings (SSSR count). The first kappa shape index (κ1) is 11.2. The van der Waals surface area contributed by atoms with Crippen LogP contribution in [0.3, 0.4) is 0 Å². The Morgan fingerprint density at radius 2 is 1.87 bits per heavy atom. The smallest absolute Gasteiger partial charge is 0.139 e. The lowest BCUT2D eigenvalue weighted by Gasteiger charge is -2.31. The minimum absolute atomic E-state index is 0.451. The maximum atomic E-state index is 14.6. The Morgan fingerprint density at radius 3 is 2.53 bits per heavy atom. The monoisotopic (exact) mass is 247 g/mol. The van der Waals surface area contributed by atoms with E-state index in [9.17, 15) is 4.39 Å². The molecule has 1 aliphatic heterocycles. The number of nitrogens with one attached hydrogen (secondary N) is 1. The zero-order valence-electron chi connectivity index (χ0n) is 8.19. The second-order valence-corrected chi connectivity index (χ2v) is 4.68. The summed E-state index contributed by atoms with van der Waals surface area (Å²) >= 11 is 11.9. The Hall–Kier alpha value is -0.310. The zero-order valence-corrected chi connectivity index (χ0v) is 9.71. The maximum Gasteiger partial charge on any atom is 0.139 e. The summed E-state index contributed by atoms with van der Waals surface area (Å²) in [6.45, 7) is 1.36. The average molecular weight is 248 g/mol. The molecule has 1 aromatic rings. The lowest BCUT2D eigenvalue weighted by molar-refractivity contribution is 0.115. The van der Waals surface area contributed by atoms with Crippen LogP contribution in [0.1, 0.15) is 18.4 Å². The van der Waals surface area contributed by atoms with Gasteiger partial charge in [0, 0.05) is 15.6 Å². The average Bonchev–Trinajstić information content (AvgIpc) is 2.23. The fourth-order valence-corrected chi connectivity index (χ4v) is 2.39. The summed E-state index contributed by atoms with van der Waals surface area (Å²) in [4.78, 5) is 0. The van der Waals surface area contributed by atoms with E-state index in [1.165, 1.54) is 0 Å². The summed E-state index contributed by atoms with van der Waals surface area (Å²) in [5.74, 6) is 0. The molecule has 1 heterocycles. The van der Waals surface area contributed by atoms with E-state index >= 15 is 0 Å². The Morgan fingerprint density at radius 1 is 1.20 bits per heavy atom. The van der Waals surface area contributed by atoms with Crippen molar-refractivity contribution in [3.63, 3.8) is 0 Å². The lowest BCUT2D eigenvalue weighted by Crippen LogP contribution is -2.36. The molecule has 0 saturated carbocycles. The second-order valence-electron chi connectivity index (χ2n) is 3.84. The van der Waals surface area contributed by atoms with Gasteiger partial charge in [0.1, 0.15) is 5.67 Å². The van der Waals surface area contributed by atoms with Crippen LogP contribution in [0.25, 0.3) is 0 Å². The highest BCUT2D eigenvalue weighted by molar-refractivity contribution is 6.33. The number of hydrogen-bond acceptors (Lipinski definition) is 1. The van der Waals surface area contributed by atoms with E-state index < -0.39 is 5.67 Å². The van der Waals surface area contributed by atoms with Crippen molar-refractivity contribution in [3.8, 4) is 0 Å². The first-order chi connectivity index (χ1) is 7.12. The summed E-state index contributed by atoms with van der Waals surface area (Å²) in [5, 5.41) is 4.12. The van der Waals surface area contributed by atoms with E-state index in [0.29, 0.717) is 41.5 Å². The molecule has 0 bridgehead atoms. The highest BCUT2D eigenvalue weighted by Crippen LogP contribution is 2.39. The molecule has 1 N–H and O–H groups in total. The van der Waals surface area contributed by atoms with Crippen LogP contribution in [0.5, 0.6) is 0 Å². The number of hydrogen-bond donors (Lipinski definition) is 1. The predicted molar refractivity (Wildman–Crippen MR) is 61.4 cm³/mol. The van der Waals surface area contributed by atoms with Crippen LogP contribution in [0.4, 0.5) is 4.39 Å². The summed E-state index contributed by atoms with van der Waals surface area (Å²) < 4.78 is 14.6. The molecule has 0 spiro atoms. The van der Waals surface area contributed by atoms with Gasteiger partial charge in [-0.2, -0.15) is 0 Å². The predicted octanol–water partition coefficient (Wildman–Crippen LogP) is 3.54. The Balaban J connectivity index is 2.38. The molecule has 15 heavy (non-hydrogen) atoms. The van der Waals surface area contributed by atoms with Gasteiger partial charge >= 0.3 is 0 Å². The third kappa shape index (κ3) is 2.27. The number of halogens is 3. The summed E-state index contributed by atoms with van der Waals surface area (Å²) in [6.07, 6.45) is 0.903. The summed E-state index contributed by atoms with van der Waals surface area (Å²) in [7, 11) is 0. The van der Waals surface area contributed by atoms with Gasteiger partial charge < -0.3 is 5.32 Å². The van der Waals surface area contributed by atoms with Crippen molar-refractivity contribution in [1.29, 1.82) is 0 Å². The van der Waals surface area contributed by atoms with Crippen molar-refractivity contribution in [2.75, 3.05) is 13.1 Å². The van der Waals surface area contributed by atoms with Gasteiger partial charge in [0.2, 0.25) is 0 Å². The quantitative estimate of drug-likeness (QED) is 0.801. The van der Waals surface area contributed by atoms with Gasteiger partial charge in [-0.3, -0.25) is 0 Å². The molecule has 0 amide bonds. The molecule has 1 fully saturated rings. The van der Waals surface area contributed by atoms with E-state index in [1.807, 2.05) is 0 Å². The topological polar surface area (TPSA) is 12.0 Å². The van der Waals surface area contributed by atoms with E-state index in [1.54, 1.807) is 18.2 Å². The number of alkyl halides is 1.